The van der Waals surface area contributed by atoms with Crippen LogP contribution in [0.5, 0.6) is 0 Å². The molecule has 0 spiro atoms. The van der Waals surface area contributed by atoms with Crippen LogP contribution in [-0.2, 0) is 20.8 Å². The molecule has 1 aromatic heterocycles. The van der Waals surface area contributed by atoms with E-state index < -0.39 is 10.1 Å². The number of aliphatic hydroxyl groups is 1. The number of nitrogens with zero attached hydrogens (tertiary/aromatic N) is 2. The van der Waals surface area contributed by atoms with Crippen LogP contribution in [-0.4, -0.2) is 50.5 Å². The zero-order valence-corrected chi connectivity index (χ0v) is 11.3. The van der Waals surface area contributed by atoms with E-state index in [1.807, 2.05) is 0 Å². The molecule has 0 saturated carbocycles. The van der Waals surface area contributed by atoms with Crippen molar-refractivity contribution in [2.24, 2.45) is 0 Å². The lowest BCUT2D eigenvalue weighted by Gasteiger charge is -2.01. The molecular weight excluding hydrogens is 274 g/mol. The molecule has 1 rings (SSSR count). The predicted octanol–water partition coefficient (Wildman–Crippen LogP) is -1.93. The number of carbonyl (C=O) groups is 1. The number of hydrogen-bond donors (Lipinski definition) is 2. The van der Waals surface area contributed by atoms with Gasteiger partial charge >= 0.3 is 0 Å². The van der Waals surface area contributed by atoms with Gasteiger partial charge < -0.3 is 10.4 Å². The Morgan fingerprint density at radius 2 is 2.32 bits per heavy atom. The number of carbonyl (C=O) groups excluding carboxylic acids is 1. The minimum atomic E-state index is -3.52. The second kappa shape index (κ2) is 7.12. The van der Waals surface area contributed by atoms with E-state index in [-0.39, 0.29) is 31.4 Å². The first-order valence-corrected chi connectivity index (χ1v) is 7.09. The molecule has 0 aliphatic carbocycles. The van der Waals surface area contributed by atoms with Gasteiger partial charge in [0.15, 0.2) is 12.7 Å². The number of aryl methyl sites for hydroxylation is 1. The van der Waals surface area contributed by atoms with Crippen LogP contribution < -0.4 is 10.00 Å². The van der Waals surface area contributed by atoms with Gasteiger partial charge in [-0.15, -0.1) is 0 Å². The zero-order chi connectivity index (χ0) is 14.3. The molecule has 0 aliphatic heterocycles. The fraction of sp³-hybridized carbons (Fsp3) is 0.500. The van der Waals surface area contributed by atoms with Crippen LogP contribution in [0.4, 0.5) is 0 Å². The van der Waals surface area contributed by atoms with Gasteiger partial charge in [-0.05, 0) is 5.10 Å². The lowest BCUT2D eigenvalue weighted by atomic mass is 10.3. The molecule has 1 amide bonds. The molecule has 1 aromatic rings. The summed E-state index contributed by atoms with van der Waals surface area (Å²) in [5, 5.41) is 15.0. The SMILES string of the molecule is COS(=O)(=O)CC[n+]1ccc(C(=O)NCCO)cn1. The Morgan fingerprint density at radius 3 is 2.84 bits per heavy atom. The third kappa shape index (κ3) is 5.28. The summed E-state index contributed by atoms with van der Waals surface area (Å²) in [6, 6.07) is 1.51. The van der Waals surface area contributed by atoms with Gasteiger partial charge in [0.05, 0.1) is 19.3 Å². The van der Waals surface area contributed by atoms with Crippen LogP contribution in [0.2, 0.25) is 0 Å². The molecule has 0 atom stereocenters. The first-order valence-electron chi connectivity index (χ1n) is 5.51. The molecule has 0 aliphatic rings. The van der Waals surface area contributed by atoms with Crippen LogP contribution in [0.3, 0.4) is 0 Å². The maximum absolute atomic E-state index is 11.5. The summed E-state index contributed by atoms with van der Waals surface area (Å²) in [5.41, 5.74) is 0.333. The molecule has 1 heterocycles. The Balaban J connectivity index is 2.59. The van der Waals surface area contributed by atoms with E-state index in [4.69, 9.17) is 5.11 Å². The fourth-order valence-electron chi connectivity index (χ4n) is 1.21. The maximum Gasteiger partial charge on any atom is 0.273 e. The molecule has 106 valence electrons. The number of aromatic nitrogens is 2. The van der Waals surface area contributed by atoms with Gasteiger partial charge in [-0.1, -0.05) is 4.68 Å². The highest BCUT2D eigenvalue weighted by Crippen LogP contribution is 1.93. The summed E-state index contributed by atoms with van der Waals surface area (Å²) < 4.78 is 27.9. The maximum atomic E-state index is 11.5. The molecular formula is C10H16N3O5S+. The summed E-state index contributed by atoms with van der Waals surface area (Å²) in [6.45, 7) is 0.162. The molecule has 0 radical (unpaired) electrons. The van der Waals surface area contributed by atoms with Gasteiger partial charge in [-0.3, -0.25) is 8.98 Å². The first kappa shape index (κ1) is 15.5. The van der Waals surface area contributed by atoms with E-state index in [1.54, 1.807) is 0 Å². The van der Waals surface area contributed by atoms with E-state index in [1.165, 1.54) is 23.1 Å². The molecule has 0 aromatic carbocycles. The number of rotatable bonds is 7. The summed E-state index contributed by atoms with van der Waals surface area (Å²) in [7, 11) is -2.42. The minimum Gasteiger partial charge on any atom is -0.395 e. The normalized spacial score (nSPS) is 11.3. The van der Waals surface area contributed by atoms with Crippen molar-refractivity contribution < 1.29 is 27.2 Å². The molecule has 8 nitrogen and oxygen atoms in total. The second-order valence-electron chi connectivity index (χ2n) is 3.59. The van der Waals surface area contributed by atoms with E-state index in [0.717, 1.165) is 7.11 Å². The predicted molar refractivity (Wildman–Crippen MR) is 64.6 cm³/mol. The average Bonchev–Trinajstić information content (AvgIpc) is 2.43. The lowest BCUT2D eigenvalue weighted by Crippen LogP contribution is -2.41. The van der Waals surface area contributed by atoms with Crippen LogP contribution in [0.25, 0.3) is 0 Å². The molecule has 0 saturated heterocycles. The van der Waals surface area contributed by atoms with Crippen LogP contribution in [0, 0.1) is 0 Å². The largest absolute Gasteiger partial charge is 0.395 e. The van der Waals surface area contributed by atoms with Crippen molar-refractivity contribution in [1.29, 1.82) is 0 Å². The summed E-state index contributed by atoms with van der Waals surface area (Å²) in [5.74, 6) is -0.546. The van der Waals surface area contributed by atoms with Gasteiger partial charge in [0, 0.05) is 12.6 Å². The summed E-state index contributed by atoms with van der Waals surface area (Å²) in [6.07, 6.45) is 2.82. The van der Waals surface area contributed by atoms with E-state index in [2.05, 4.69) is 14.6 Å². The van der Waals surface area contributed by atoms with E-state index >= 15 is 0 Å². The summed E-state index contributed by atoms with van der Waals surface area (Å²) in [4.78, 5) is 11.5. The van der Waals surface area contributed by atoms with Crippen molar-refractivity contribution in [3.63, 3.8) is 0 Å². The zero-order valence-electron chi connectivity index (χ0n) is 10.4. The Hall–Kier alpha value is -1.58. The Labute approximate surface area is 111 Å². The number of nitrogens with one attached hydrogen (secondary N) is 1. The Kier molecular flexibility index (Phi) is 5.80. The number of hydrogen-bond acceptors (Lipinski definition) is 6. The third-order valence-corrected chi connectivity index (χ3v) is 3.45. The molecule has 9 heteroatoms. The molecule has 0 bridgehead atoms. The van der Waals surface area contributed by atoms with Crippen molar-refractivity contribution in [1.82, 2.24) is 10.4 Å². The molecule has 0 unspecified atom stereocenters. The van der Waals surface area contributed by atoms with E-state index in [9.17, 15) is 13.2 Å². The number of aliphatic hydroxyl groups excluding tert-OH is 1. The van der Waals surface area contributed by atoms with Crippen LogP contribution in [0.1, 0.15) is 10.4 Å². The van der Waals surface area contributed by atoms with Gasteiger partial charge in [0.1, 0.15) is 11.9 Å². The highest BCUT2D eigenvalue weighted by atomic mass is 32.2. The average molecular weight is 290 g/mol. The highest BCUT2D eigenvalue weighted by molar-refractivity contribution is 7.86. The van der Waals surface area contributed by atoms with Crippen molar-refractivity contribution >= 4 is 16.0 Å². The van der Waals surface area contributed by atoms with Gasteiger partial charge in [0.2, 0.25) is 0 Å². The van der Waals surface area contributed by atoms with Crippen molar-refractivity contribution in [3.8, 4) is 0 Å². The Bertz CT molecular complexity index is 514. The third-order valence-electron chi connectivity index (χ3n) is 2.26. The topological polar surface area (TPSA) is 109 Å². The second-order valence-corrected chi connectivity index (χ2v) is 5.44. The van der Waals surface area contributed by atoms with Crippen molar-refractivity contribution in [2.45, 2.75) is 6.54 Å². The number of amides is 1. The molecule has 2 N–H and O–H groups in total. The fourth-order valence-corrected chi connectivity index (χ4v) is 1.79. The van der Waals surface area contributed by atoms with Crippen LogP contribution in [0.15, 0.2) is 18.5 Å². The highest BCUT2D eigenvalue weighted by Gasteiger charge is 2.14. The van der Waals surface area contributed by atoms with Crippen LogP contribution >= 0.6 is 0 Å². The molecule has 19 heavy (non-hydrogen) atoms. The Morgan fingerprint density at radius 1 is 1.58 bits per heavy atom. The summed E-state index contributed by atoms with van der Waals surface area (Å²) >= 11 is 0. The quantitative estimate of drug-likeness (QED) is 0.447. The standard InChI is InChI=1S/C10H15N3O5S/c1-18-19(16,17)7-5-13-4-2-9(8-12-13)10(15)11-3-6-14/h2,4,8,14H,3,5-7H2,1H3/p+1. The smallest absolute Gasteiger partial charge is 0.273 e. The monoisotopic (exact) mass is 290 g/mol. The first-order chi connectivity index (χ1) is 8.98. The van der Waals surface area contributed by atoms with Crippen molar-refractivity contribution in [3.05, 3.63) is 24.0 Å². The van der Waals surface area contributed by atoms with Gasteiger partial charge in [-0.2, -0.15) is 8.42 Å². The van der Waals surface area contributed by atoms with Gasteiger partial charge in [-0.25, -0.2) is 0 Å². The van der Waals surface area contributed by atoms with Gasteiger partial charge in [0.25, 0.3) is 16.0 Å². The van der Waals surface area contributed by atoms with Crippen molar-refractivity contribution in [2.75, 3.05) is 26.0 Å². The minimum absolute atomic E-state index is 0.134. The lowest BCUT2D eigenvalue weighted by molar-refractivity contribution is -0.750. The molecule has 0 fully saturated rings. The van der Waals surface area contributed by atoms with E-state index in [0.29, 0.717) is 5.56 Å².